The molecule has 1 aliphatic rings. The van der Waals surface area contributed by atoms with E-state index < -0.39 is 0 Å². The molecule has 0 aliphatic heterocycles. The van der Waals surface area contributed by atoms with Gasteiger partial charge in [0, 0.05) is 30.5 Å². The normalized spacial score (nSPS) is 17.4. The first-order valence-electron chi connectivity index (χ1n) is 11.8. The van der Waals surface area contributed by atoms with Gasteiger partial charge in [-0.05, 0) is 68.0 Å². The van der Waals surface area contributed by atoms with E-state index in [2.05, 4.69) is 75.6 Å². The number of para-hydroxylation sites is 1. The first kappa shape index (κ1) is 27.0. The van der Waals surface area contributed by atoms with E-state index in [0.717, 1.165) is 45.4 Å². The monoisotopic (exact) mass is 510 g/mol. The highest BCUT2D eigenvalue weighted by Gasteiger charge is 2.17. The Labute approximate surface area is 208 Å². The third-order valence-corrected chi connectivity index (χ3v) is 6.46. The Morgan fingerprint density at radius 2 is 1.61 bits per heavy atom. The minimum absolute atomic E-state index is 0.812. The van der Waals surface area contributed by atoms with Gasteiger partial charge in [0.05, 0.1) is 5.52 Å². The molecule has 1 aromatic heterocycles. The van der Waals surface area contributed by atoms with E-state index in [0.29, 0.717) is 0 Å². The second-order valence-electron chi connectivity index (χ2n) is 8.89. The fourth-order valence-corrected chi connectivity index (χ4v) is 4.33. The second kappa shape index (κ2) is 14.1. The predicted molar refractivity (Wildman–Crippen MR) is 147 cm³/mol. The van der Waals surface area contributed by atoms with Crippen LogP contribution in [0.3, 0.4) is 0 Å². The maximum absolute atomic E-state index is 4.42. The van der Waals surface area contributed by atoms with Gasteiger partial charge >= 0.3 is 0 Å². The SMILES string of the molecule is C=C.CC1CCC(CNCc2ccc(Br)cc2)CC1.Cc1nc(N(C)C)c2ccccc2n1. The van der Waals surface area contributed by atoms with Crippen LogP contribution in [-0.2, 0) is 6.54 Å². The van der Waals surface area contributed by atoms with Crippen LogP contribution < -0.4 is 10.2 Å². The standard InChI is InChI=1S/C15H22BrN.C11H13N3.C2H4/c1-12-2-4-13(5-3-12)10-17-11-14-6-8-15(16)9-7-14;1-8-12-10-7-5-4-6-9(10)11(13-8)14(2)3;1-2/h6-9,12-13,17H,2-5,10-11H2,1H3;4-7H,1-3H3;1-2H2. The molecule has 1 heterocycles. The summed E-state index contributed by atoms with van der Waals surface area (Å²) in [5, 5.41) is 4.69. The molecule has 1 fully saturated rings. The van der Waals surface area contributed by atoms with Crippen LogP contribution in [0.25, 0.3) is 10.9 Å². The average molecular weight is 512 g/mol. The molecule has 1 N–H and O–H groups in total. The summed E-state index contributed by atoms with van der Waals surface area (Å²) in [5.74, 6) is 3.65. The lowest BCUT2D eigenvalue weighted by Gasteiger charge is -2.26. The van der Waals surface area contributed by atoms with Crippen LogP contribution in [0.2, 0.25) is 0 Å². The molecular formula is C28H39BrN4. The number of nitrogens with zero attached hydrogens (tertiary/aromatic N) is 3. The molecule has 0 amide bonds. The van der Waals surface area contributed by atoms with Crippen molar-refractivity contribution in [2.75, 3.05) is 25.5 Å². The smallest absolute Gasteiger partial charge is 0.139 e. The van der Waals surface area contributed by atoms with Crippen molar-refractivity contribution < 1.29 is 0 Å². The van der Waals surface area contributed by atoms with Gasteiger partial charge in [0.1, 0.15) is 11.6 Å². The molecule has 1 aliphatic carbocycles. The average Bonchev–Trinajstić information content (AvgIpc) is 2.83. The van der Waals surface area contributed by atoms with Crippen molar-refractivity contribution in [3.63, 3.8) is 0 Å². The molecule has 33 heavy (non-hydrogen) atoms. The van der Waals surface area contributed by atoms with Crippen molar-refractivity contribution in [1.82, 2.24) is 15.3 Å². The Hall–Kier alpha value is -2.24. The first-order chi connectivity index (χ1) is 15.9. The molecule has 5 heteroatoms. The minimum atomic E-state index is 0.812. The van der Waals surface area contributed by atoms with Crippen LogP contribution in [0, 0.1) is 18.8 Å². The molecular weight excluding hydrogens is 472 g/mol. The minimum Gasteiger partial charge on any atom is -0.362 e. The fourth-order valence-electron chi connectivity index (χ4n) is 4.07. The number of halogens is 1. The van der Waals surface area contributed by atoms with Crippen molar-refractivity contribution in [3.8, 4) is 0 Å². The predicted octanol–water partition coefficient (Wildman–Crippen LogP) is 7.17. The van der Waals surface area contributed by atoms with E-state index in [1.54, 1.807) is 0 Å². The summed E-state index contributed by atoms with van der Waals surface area (Å²) in [6.07, 6.45) is 5.66. The summed E-state index contributed by atoms with van der Waals surface area (Å²) in [7, 11) is 3.99. The molecule has 4 rings (SSSR count). The summed E-state index contributed by atoms with van der Waals surface area (Å²) in [6.45, 7) is 12.5. The zero-order valence-corrected chi connectivity index (χ0v) is 22.2. The first-order valence-corrected chi connectivity index (χ1v) is 12.6. The molecule has 4 nitrogen and oxygen atoms in total. The molecule has 0 unspecified atom stereocenters. The summed E-state index contributed by atoms with van der Waals surface area (Å²) < 4.78 is 1.16. The zero-order chi connectivity index (χ0) is 24.2. The lowest BCUT2D eigenvalue weighted by Crippen LogP contribution is -2.25. The van der Waals surface area contributed by atoms with Crippen LogP contribution >= 0.6 is 15.9 Å². The van der Waals surface area contributed by atoms with Gasteiger partial charge in [0.2, 0.25) is 0 Å². The number of benzene rings is 2. The third kappa shape index (κ3) is 8.90. The van der Waals surface area contributed by atoms with Crippen molar-refractivity contribution in [1.29, 1.82) is 0 Å². The van der Waals surface area contributed by atoms with Crippen molar-refractivity contribution >= 4 is 32.7 Å². The van der Waals surface area contributed by atoms with Crippen molar-refractivity contribution in [2.45, 2.75) is 46.1 Å². The maximum Gasteiger partial charge on any atom is 0.139 e. The van der Waals surface area contributed by atoms with Gasteiger partial charge in [-0.25, -0.2) is 9.97 Å². The van der Waals surface area contributed by atoms with Gasteiger partial charge in [-0.15, -0.1) is 13.2 Å². The van der Waals surface area contributed by atoms with Gasteiger partial charge in [-0.1, -0.05) is 60.0 Å². The number of nitrogens with one attached hydrogen (secondary N) is 1. The van der Waals surface area contributed by atoms with Gasteiger partial charge in [-0.2, -0.15) is 0 Å². The molecule has 1 saturated carbocycles. The van der Waals surface area contributed by atoms with E-state index in [-0.39, 0.29) is 0 Å². The molecule has 0 spiro atoms. The molecule has 0 atom stereocenters. The summed E-state index contributed by atoms with van der Waals surface area (Å²) >= 11 is 3.46. The molecule has 0 saturated heterocycles. The number of aromatic nitrogens is 2. The topological polar surface area (TPSA) is 41.1 Å². The molecule has 0 radical (unpaired) electrons. The Kier molecular flexibility index (Phi) is 11.6. The summed E-state index contributed by atoms with van der Waals surface area (Å²) in [4.78, 5) is 10.8. The van der Waals surface area contributed by atoms with E-state index in [9.17, 15) is 0 Å². The number of hydrogen-bond acceptors (Lipinski definition) is 4. The largest absolute Gasteiger partial charge is 0.362 e. The quantitative estimate of drug-likeness (QED) is 0.369. The highest BCUT2D eigenvalue weighted by atomic mass is 79.9. The van der Waals surface area contributed by atoms with Gasteiger partial charge in [-0.3, -0.25) is 0 Å². The number of rotatable bonds is 5. The summed E-state index contributed by atoms with van der Waals surface area (Å²) in [6, 6.07) is 16.6. The number of anilines is 1. The number of aryl methyl sites for hydroxylation is 1. The lowest BCUT2D eigenvalue weighted by molar-refractivity contribution is 0.281. The Bertz CT molecular complexity index is 963. The number of hydrogen-bond donors (Lipinski definition) is 1. The van der Waals surface area contributed by atoms with Gasteiger partial charge in [0.25, 0.3) is 0 Å². The lowest BCUT2D eigenvalue weighted by atomic mass is 9.83. The molecule has 178 valence electrons. The van der Waals surface area contributed by atoms with Crippen molar-refractivity contribution in [2.24, 2.45) is 11.8 Å². The molecule has 3 aromatic rings. The van der Waals surface area contributed by atoms with Crippen LogP contribution in [0.1, 0.15) is 44.0 Å². The van der Waals surface area contributed by atoms with Crippen LogP contribution in [-0.4, -0.2) is 30.6 Å². The Morgan fingerprint density at radius 1 is 0.970 bits per heavy atom. The number of fused-ring (bicyclic) bond motifs is 1. The van der Waals surface area contributed by atoms with Crippen LogP contribution in [0.15, 0.2) is 66.2 Å². The van der Waals surface area contributed by atoms with E-state index in [1.807, 2.05) is 50.2 Å². The zero-order valence-electron chi connectivity index (χ0n) is 20.6. The van der Waals surface area contributed by atoms with E-state index >= 15 is 0 Å². The highest BCUT2D eigenvalue weighted by Crippen LogP contribution is 2.27. The Balaban J connectivity index is 0.000000221. The molecule has 0 bridgehead atoms. The fraction of sp³-hybridized carbons (Fsp3) is 0.429. The molecule has 2 aromatic carbocycles. The van der Waals surface area contributed by atoms with Gasteiger partial charge < -0.3 is 10.2 Å². The van der Waals surface area contributed by atoms with Crippen LogP contribution in [0.4, 0.5) is 5.82 Å². The second-order valence-corrected chi connectivity index (χ2v) is 9.80. The third-order valence-electron chi connectivity index (χ3n) is 5.93. The Morgan fingerprint density at radius 3 is 2.24 bits per heavy atom. The van der Waals surface area contributed by atoms with Gasteiger partial charge in [0.15, 0.2) is 0 Å². The van der Waals surface area contributed by atoms with E-state index in [4.69, 9.17) is 0 Å². The highest BCUT2D eigenvalue weighted by molar-refractivity contribution is 9.10. The maximum atomic E-state index is 4.42. The van der Waals surface area contributed by atoms with Crippen molar-refractivity contribution in [3.05, 3.63) is 77.5 Å². The van der Waals surface area contributed by atoms with Crippen LogP contribution in [0.5, 0.6) is 0 Å². The van der Waals surface area contributed by atoms with E-state index in [1.165, 1.54) is 37.8 Å². The summed E-state index contributed by atoms with van der Waals surface area (Å²) in [5.41, 5.74) is 2.38.